The quantitative estimate of drug-likeness (QED) is 0.683. The lowest BCUT2D eigenvalue weighted by molar-refractivity contribution is -0.121. The average molecular weight is 292 g/mol. The fourth-order valence-corrected chi connectivity index (χ4v) is 2.44. The second-order valence-corrected chi connectivity index (χ2v) is 5.54. The molecule has 0 saturated carbocycles. The fourth-order valence-electron chi connectivity index (χ4n) is 2.44. The molecule has 2 heterocycles. The second-order valence-electron chi connectivity index (χ2n) is 5.54. The van der Waals surface area contributed by atoms with E-state index in [0.717, 1.165) is 45.7 Å². The number of terminal acetylenes is 1. The highest BCUT2D eigenvalue weighted by Gasteiger charge is 2.39. The zero-order chi connectivity index (χ0) is 15.0. The molecule has 2 aliphatic rings. The van der Waals surface area contributed by atoms with Crippen molar-refractivity contribution in [1.29, 1.82) is 0 Å². The van der Waals surface area contributed by atoms with Crippen molar-refractivity contribution in [1.82, 2.24) is 10.2 Å². The lowest BCUT2D eigenvalue weighted by Gasteiger charge is -2.19. The molecule has 0 aromatic carbocycles. The molecule has 1 amide bonds. The van der Waals surface area contributed by atoms with Crippen LogP contribution in [0.15, 0.2) is 10.2 Å². The highest BCUT2D eigenvalue weighted by molar-refractivity contribution is 5.75. The largest absolute Gasteiger partial charge is 0.380 e. The van der Waals surface area contributed by atoms with Gasteiger partial charge in [-0.05, 0) is 6.42 Å². The monoisotopic (exact) mass is 292 g/mol. The number of nitrogens with one attached hydrogen (secondary N) is 1. The molecule has 2 rings (SSSR count). The maximum atomic E-state index is 11.8. The third-order valence-corrected chi connectivity index (χ3v) is 3.87. The Kier molecular flexibility index (Phi) is 6.15. The Morgan fingerprint density at radius 1 is 1.33 bits per heavy atom. The average Bonchev–Trinajstić information content (AvgIpc) is 3.28. The maximum Gasteiger partial charge on any atom is 0.220 e. The van der Waals surface area contributed by atoms with E-state index in [1.807, 2.05) is 0 Å². The number of carbonyl (C=O) groups is 1. The lowest BCUT2D eigenvalue weighted by Crippen LogP contribution is -2.36. The van der Waals surface area contributed by atoms with E-state index in [1.54, 1.807) is 0 Å². The van der Waals surface area contributed by atoms with Crippen LogP contribution in [0, 0.1) is 12.3 Å². The molecule has 0 bridgehead atoms. The zero-order valence-corrected chi connectivity index (χ0v) is 12.5. The molecule has 0 aromatic heterocycles. The van der Waals surface area contributed by atoms with Crippen molar-refractivity contribution in [2.75, 3.05) is 39.4 Å². The molecule has 0 aromatic rings. The van der Waals surface area contributed by atoms with Crippen LogP contribution in [0.2, 0.25) is 0 Å². The number of rotatable bonds is 8. The fraction of sp³-hybridized carbons (Fsp3) is 0.800. The molecule has 1 N–H and O–H groups in total. The third kappa shape index (κ3) is 5.82. The van der Waals surface area contributed by atoms with Crippen molar-refractivity contribution in [2.45, 2.75) is 37.8 Å². The summed E-state index contributed by atoms with van der Waals surface area (Å²) in [6.07, 6.45) is 8.84. The number of carbonyl (C=O) groups excluding carboxylic acids is 1. The van der Waals surface area contributed by atoms with Gasteiger partial charge in [0.2, 0.25) is 5.91 Å². The summed E-state index contributed by atoms with van der Waals surface area (Å²) in [4.78, 5) is 14.1. The van der Waals surface area contributed by atoms with Crippen LogP contribution in [0.3, 0.4) is 0 Å². The van der Waals surface area contributed by atoms with Crippen LogP contribution in [0.1, 0.15) is 32.1 Å². The van der Waals surface area contributed by atoms with E-state index in [1.165, 1.54) is 0 Å². The van der Waals surface area contributed by atoms with Crippen LogP contribution >= 0.6 is 0 Å². The summed E-state index contributed by atoms with van der Waals surface area (Å²) in [7, 11) is 0. The van der Waals surface area contributed by atoms with Gasteiger partial charge in [-0.25, -0.2) is 0 Å². The summed E-state index contributed by atoms with van der Waals surface area (Å²) in [6, 6.07) is 0. The molecule has 21 heavy (non-hydrogen) atoms. The lowest BCUT2D eigenvalue weighted by atomic mass is 10.0. The minimum atomic E-state index is -0.355. The van der Waals surface area contributed by atoms with Crippen LogP contribution in [-0.2, 0) is 9.53 Å². The van der Waals surface area contributed by atoms with Crippen LogP contribution in [0.5, 0.6) is 0 Å². The Morgan fingerprint density at radius 3 is 2.95 bits per heavy atom. The van der Waals surface area contributed by atoms with Gasteiger partial charge in [-0.1, -0.05) is 0 Å². The van der Waals surface area contributed by atoms with Crippen molar-refractivity contribution in [3.63, 3.8) is 0 Å². The van der Waals surface area contributed by atoms with Crippen LogP contribution in [-0.4, -0.2) is 55.9 Å². The zero-order valence-electron chi connectivity index (χ0n) is 12.5. The topological polar surface area (TPSA) is 66.3 Å². The number of ether oxygens (including phenoxy) is 1. The van der Waals surface area contributed by atoms with Crippen LogP contribution in [0.4, 0.5) is 0 Å². The van der Waals surface area contributed by atoms with Gasteiger partial charge < -0.3 is 10.1 Å². The highest BCUT2D eigenvalue weighted by atomic mass is 16.5. The molecule has 6 heteroatoms. The number of hydrogen-bond acceptors (Lipinski definition) is 5. The molecule has 0 aliphatic carbocycles. The van der Waals surface area contributed by atoms with Crippen molar-refractivity contribution >= 4 is 5.91 Å². The standard InChI is InChI=1S/C15H24N4O2/c1-2-3-6-15(17-18-15)7-5-14(20)16-8-10-19-9-4-12-21-13-11-19/h1H,3-13H2,(H,16,20). The molecule has 1 fully saturated rings. The Labute approximate surface area is 126 Å². The van der Waals surface area contributed by atoms with Crippen LogP contribution in [0.25, 0.3) is 0 Å². The van der Waals surface area contributed by atoms with Crippen molar-refractivity contribution in [2.24, 2.45) is 10.2 Å². The Balaban J connectivity index is 1.54. The molecule has 2 aliphatic heterocycles. The van der Waals surface area contributed by atoms with Gasteiger partial charge in [-0.2, -0.15) is 10.2 Å². The van der Waals surface area contributed by atoms with Gasteiger partial charge >= 0.3 is 0 Å². The first kappa shape index (κ1) is 15.9. The molecule has 116 valence electrons. The minimum absolute atomic E-state index is 0.0680. The molecule has 0 unspecified atom stereocenters. The first-order valence-corrected chi connectivity index (χ1v) is 7.68. The SMILES string of the molecule is C#CCCC1(CCC(=O)NCCN2CCCOCC2)N=N1. The van der Waals surface area contributed by atoms with Crippen molar-refractivity contribution in [3.8, 4) is 12.3 Å². The van der Waals surface area contributed by atoms with E-state index >= 15 is 0 Å². The summed E-state index contributed by atoms with van der Waals surface area (Å²) < 4.78 is 5.40. The maximum absolute atomic E-state index is 11.8. The first-order chi connectivity index (χ1) is 10.2. The van der Waals surface area contributed by atoms with Gasteiger partial charge in [0.1, 0.15) is 0 Å². The van der Waals surface area contributed by atoms with E-state index in [-0.39, 0.29) is 11.6 Å². The number of nitrogens with zero attached hydrogens (tertiary/aromatic N) is 3. The third-order valence-electron chi connectivity index (χ3n) is 3.87. The molecular weight excluding hydrogens is 268 g/mol. The Morgan fingerprint density at radius 2 is 2.19 bits per heavy atom. The molecule has 1 saturated heterocycles. The van der Waals surface area contributed by atoms with Crippen LogP contribution < -0.4 is 5.32 Å². The van der Waals surface area contributed by atoms with Gasteiger partial charge in [0.05, 0.1) is 6.61 Å². The van der Waals surface area contributed by atoms with Gasteiger partial charge in [0.15, 0.2) is 5.66 Å². The van der Waals surface area contributed by atoms with Gasteiger partial charge in [-0.3, -0.25) is 9.69 Å². The predicted molar refractivity (Wildman–Crippen MR) is 79.8 cm³/mol. The summed E-state index contributed by atoms with van der Waals surface area (Å²) in [5.41, 5.74) is -0.355. The highest BCUT2D eigenvalue weighted by Crippen LogP contribution is 2.37. The number of hydrogen-bond donors (Lipinski definition) is 1. The van der Waals surface area contributed by atoms with E-state index in [2.05, 4.69) is 26.4 Å². The van der Waals surface area contributed by atoms with Gasteiger partial charge in [0, 0.05) is 58.5 Å². The van der Waals surface area contributed by atoms with E-state index < -0.39 is 0 Å². The second kappa shape index (κ2) is 8.11. The molecule has 0 atom stereocenters. The Hall–Kier alpha value is -1.45. The summed E-state index contributed by atoms with van der Waals surface area (Å²) in [5, 5.41) is 11.0. The number of amides is 1. The first-order valence-electron chi connectivity index (χ1n) is 7.68. The minimum Gasteiger partial charge on any atom is -0.380 e. The van der Waals surface area contributed by atoms with Gasteiger partial charge in [0.25, 0.3) is 0 Å². The summed E-state index contributed by atoms with van der Waals surface area (Å²) in [6.45, 7) is 5.19. The van der Waals surface area contributed by atoms with Gasteiger partial charge in [-0.15, -0.1) is 12.3 Å². The summed E-state index contributed by atoms with van der Waals surface area (Å²) >= 11 is 0. The molecule has 0 spiro atoms. The molecule has 0 radical (unpaired) electrons. The normalized spacial score (nSPS) is 20.5. The molecular formula is C15H24N4O2. The summed E-state index contributed by atoms with van der Waals surface area (Å²) in [5.74, 6) is 2.66. The van der Waals surface area contributed by atoms with E-state index in [4.69, 9.17) is 11.2 Å². The molecule has 6 nitrogen and oxygen atoms in total. The van der Waals surface area contributed by atoms with E-state index in [9.17, 15) is 4.79 Å². The smallest absolute Gasteiger partial charge is 0.220 e. The van der Waals surface area contributed by atoms with Crippen molar-refractivity contribution < 1.29 is 9.53 Å². The Bertz CT molecular complexity index is 402. The van der Waals surface area contributed by atoms with E-state index in [0.29, 0.717) is 25.8 Å². The predicted octanol–water partition coefficient (Wildman–Crippen LogP) is 1.18. The van der Waals surface area contributed by atoms with Crippen molar-refractivity contribution in [3.05, 3.63) is 0 Å².